The van der Waals surface area contributed by atoms with Gasteiger partial charge in [-0.1, -0.05) is 19.4 Å². The van der Waals surface area contributed by atoms with Crippen LogP contribution in [0.5, 0.6) is 0 Å². The molecule has 6 rings (SSSR count). The number of carbonyl (C=O) groups excluding carboxylic acids is 2. The highest BCUT2D eigenvalue weighted by atomic mass is 16.9. The Morgan fingerprint density at radius 2 is 1.83 bits per heavy atom. The van der Waals surface area contributed by atoms with Gasteiger partial charge in [-0.3, -0.25) is 9.59 Å². The van der Waals surface area contributed by atoms with Crippen molar-refractivity contribution in [2.45, 2.75) is 70.2 Å². The van der Waals surface area contributed by atoms with E-state index in [1.807, 2.05) is 6.08 Å². The van der Waals surface area contributed by atoms with Crippen molar-refractivity contribution < 1.29 is 28.5 Å². The van der Waals surface area contributed by atoms with Gasteiger partial charge in [-0.05, 0) is 55.4 Å². The highest BCUT2D eigenvalue weighted by molar-refractivity contribution is 5.93. The van der Waals surface area contributed by atoms with Crippen molar-refractivity contribution in [1.82, 2.24) is 0 Å². The Hall–Kier alpha value is -1.08. The lowest BCUT2D eigenvalue weighted by Crippen LogP contribution is -2.65. The van der Waals surface area contributed by atoms with E-state index in [4.69, 9.17) is 18.9 Å². The summed E-state index contributed by atoms with van der Waals surface area (Å²) in [5.74, 6) is 0.416. The Kier molecular flexibility index (Phi) is 3.72. The molecule has 4 aliphatic carbocycles. The van der Waals surface area contributed by atoms with Crippen molar-refractivity contribution in [3.8, 4) is 0 Å². The molecule has 6 nitrogen and oxygen atoms in total. The number of allylic oxidation sites excluding steroid dienone is 1. The fourth-order valence-corrected chi connectivity index (χ4v) is 8.36. The number of ketones is 2. The summed E-state index contributed by atoms with van der Waals surface area (Å²) in [4.78, 5) is 25.8. The van der Waals surface area contributed by atoms with Crippen molar-refractivity contribution in [2.24, 2.45) is 28.6 Å². The topological polar surface area (TPSA) is 71.1 Å². The van der Waals surface area contributed by atoms with Gasteiger partial charge in [0.05, 0.1) is 0 Å². The standard InChI is InChI=1S/C23H30O6/c1-20-7-5-15(24)9-14(20)3-4-16-17-6-8-22(21(17,2)10-18(25)19(16)20)23(29-13-27-22)11-26-12-28-23/h9,16-17,19H,3-8,10-13H2,1-2H3/t16?,17?,19?,20-,21-,22?,23?/m0/s1. The van der Waals surface area contributed by atoms with E-state index in [0.29, 0.717) is 37.1 Å². The van der Waals surface area contributed by atoms with Gasteiger partial charge in [0.1, 0.15) is 18.0 Å². The summed E-state index contributed by atoms with van der Waals surface area (Å²) in [5, 5.41) is 0. The van der Waals surface area contributed by atoms with Gasteiger partial charge >= 0.3 is 0 Å². The van der Waals surface area contributed by atoms with Gasteiger partial charge in [0.2, 0.25) is 5.79 Å². The minimum atomic E-state index is -0.884. The highest BCUT2D eigenvalue weighted by Crippen LogP contribution is 2.70. The maximum absolute atomic E-state index is 13.8. The summed E-state index contributed by atoms with van der Waals surface area (Å²) >= 11 is 0. The van der Waals surface area contributed by atoms with Gasteiger partial charge < -0.3 is 18.9 Å². The lowest BCUT2D eigenvalue weighted by molar-refractivity contribution is -0.246. The molecule has 0 amide bonds. The number of carbonyl (C=O) groups is 2. The number of hydrogen-bond donors (Lipinski definition) is 0. The Morgan fingerprint density at radius 3 is 2.62 bits per heavy atom. The average Bonchev–Trinajstić information content (AvgIpc) is 3.37. The minimum Gasteiger partial charge on any atom is -0.350 e. The van der Waals surface area contributed by atoms with Gasteiger partial charge in [-0.15, -0.1) is 0 Å². The Labute approximate surface area is 171 Å². The smallest absolute Gasteiger partial charge is 0.226 e. The van der Waals surface area contributed by atoms with Crippen molar-refractivity contribution >= 4 is 11.6 Å². The first-order valence-electron chi connectivity index (χ1n) is 11.1. The summed E-state index contributed by atoms with van der Waals surface area (Å²) in [6, 6.07) is 0. The third-order valence-corrected chi connectivity index (χ3v) is 9.65. The van der Waals surface area contributed by atoms with E-state index in [1.165, 1.54) is 5.57 Å². The van der Waals surface area contributed by atoms with Gasteiger partial charge in [0.25, 0.3) is 0 Å². The molecule has 5 unspecified atom stereocenters. The molecule has 5 fully saturated rings. The third kappa shape index (κ3) is 2.07. The predicted octanol–water partition coefficient (Wildman–Crippen LogP) is 3.14. The van der Waals surface area contributed by atoms with Crippen molar-refractivity contribution in [3.63, 3.8) is 0 Å². The van der Waals surface area contributed by atoms with E-state index in [2.05, 4.69) is 13.8 Å². The quantitative estimate of drug-likeness (QED) is 0.620. The predicted molar refractivity (Wildman–Crippen MR) is 102 cm³/mol. The summed E-state index contributed by atoms with van der Waals surface area (Å²) in [6.45, 7) is 5.24. The lowest BCUT2D eigenvalue weighted by Gasteiger charge is -2.59. The molecule has 0 aromatic heterocycles. The van der Waals surface area contributed by atoms with E-state index in [-0.39, 0.29) is 36.1 Å². The first-order valence-corrected chi connectivity index (χ1v) is 11.1. The normalized spacial score (nSPS) is 53.9. The first kappa shape index (κ1) is 18.7. The van der Waals surface area contributed by atoms with Crippen LogP contribution < -0.4 is 0 Å². The molecule has 2 heterocycles. The maximum Gasteiger partial charge on any atom is 0.226 e. The zero-order valence-electron chi connectivity index (χ0n) is 17.3. The third-order valence-electron chi connectivity index (χ3n) is 9.65. The van der Waals surface area contributed by atoms with Crippen LogP contribution in [0.25, 0.3) is 0 Å². The van der Waals surface area contributed by atoms with Gasteiger partial charge in [0.15, 0.2) is 19.4 Å². The van der Waals surface area contributed by atoms with Crippen LogP contribution in [0.15, 0.2) is 11.6 Å². The molecule has 0 radical (unpaired) electrons. The summed E-state index contributed by atoms with van der Waals surface area (Å²) < 4.78 is 24.0. The van der Waals surface area contributed by atoms with Crippen LogP contribution in [0.3, 0.4) is 0 Å². The fourth-order valence-electron chi connectivity index (χ4n) is 8.36. The Balaban J connectivity index is 1.42. The molecule has 3 saturated carbocycles. The zero-order chi connectivity index (χ0) is 20.1. The number of Topliss-reactive ketones (excluding diaryl/α,β-unsaturated/α-hetero) is 1. The van der Waals surface area contributed by atoms with Crippen LogP contribution in [0.2, 0.25) is 0 Å². The zero-order valence-corrected chi connectivity index (χ0v) is 17.3. The second kappa shape index (κ2) is 5.78. The second-order valence-corrected chi connectivity index (χ2v) is 10.5. The largest absolute Gasteiger partial charge is 0.350 e. The average molecular weight is 402 g/mol. The van der Waals surface area contributed by atoms with Crippen LogP contribution >= 0.6 is 0 Å². The van der Waals surface area contributed by atoms with E-state index < -0.39 is 11.4 Å². The summed E-state index contributed by atoms with van der Waals surface area (Å²) in [7, 11) is 0. The minimum absolute atomic E-state index is 0.0165. The van der Waals surface area contributed by atoms with Crippen LogP contribution in [-0.2, 0) is 28.5 Å². The molecular weight excluding hydrogens is 372 g/mol. The number of fused-ring (bicyclic) bond motifs is 7. The van der Waals surface area contributed by atoms with E-state index in [1.54, 1.807) is 0 Å². The summed E-state index contributed by atoms with van der Waals surface area (Å²) in [6.07, 6.45) is 7.48. The molecular formula is C23H30O6. The van der Waals surface area contributed by atoms with E-state index in [9.17, 15) is 9.59 Å². The Morgan fingerprint density at radius 1 is 1.00 bits per heavy atom. The van der Waals surface area contributed by atoms with E-state index in [0.717, 1.165) is 32.1 Å². The molecule has 6 aliphatic rings. The van der Waals surface area contributed by atoms with Crippen LogP contribution in [-0.4, -0.2) is 43.1 Å². The van der Waals surface area contributed by atoms with E-state index >= 15 is 0 Å². The van der Waals surface area contributed by atoms with Gasteiger partial charge in [0, 0.05) is 24.2 Å². The molecule has 0 N–H and O–H groups in total. The van der Waals surface area contributed by atoms with Crippen molar-refractivity contribution in [3.05, 3.63) is 11.6 Å². The van der Waals surface area contributed by atoms with Crippen molar-refractivity contribution in [2.75, 3.05) is 20.2 Å². The highest BCUT2D eigenvalue weighted by Gasteiger charge is 2.76. The van der Waals surface area contributed by atoms with Crippen LogP contribution in [0, 0.1) is 28.6 Å². The maximum atomic E-state index is 13.8. The monoisotopic (exact) mass is 402 g/mol. The molecule has 2 spiro atoms. The molecule has 0 bridgehead atoms. The molecule has 29 heavy (non-hydrogen) atoms. The first-order chi connectivity index (χ1) is 13.9. The molecule has 6 heteroatoms. The number of hydrogen-bond acceptors (Lipinski definition) is 6. The molecule has 158 valence electrons. The Bertz CT molecular complexity index is 807. The van der Waals surface area contributed by atoms with Gasteiger partial charge in [-0.2, -0.15) is 0 Å². The number of rotatable bonds is 0. The molecule has 7 atom stereocenters. The van der Waals surface area contributed by atoms with Gasteiger partial charge in [-0.25, -0.2) is 0 Å². The second-order valence-electron chi connectivity index (χ2n) is 10.5. The van der Waals surface area contributed by atoms with Crippen molar-refractivity contribution in [1.29, 1.82) is 0 Å². The molecule has 0 aromatic carbocycles. The van der Waals surface area contributed by atoms with Crippen LogP contribution in [0.1, 0.15) is 58.8 Å². The number of ether oxygens (including phenoxy) is 4. The molecule has 0 aromatic rings. The molecule has 2 aliphatic heterocycles. The fraction of sp³-hybridized carbons (Fsp3) is 0.826. The molecule has 2 saturated heterocycles. The summed E-state index contributed by atoms with van der Waals surface area (Å²) in [5.41, 5.74) is 0.103. The lowest BCUT2D eigenvalue weighted by atomic mass is 9.45. The van der Waals surface area contributed by atoms with Crippen LogP contribution in [0.4, 0.5) is 0 Å². The SMILES string of the molecule is C[C@]12CCC(=O)C=C1CCC1C2C(=O)C[C@@]2(C)C1CCC21OCOC12COCO2.